The van der Waals surface area contributed by atoms with Gasteiger partial charge in [-0.3, -0.25) is 14.5 Å². The Kier molecular flexibility index (Phi) is 4.45. The van der Waals surface area contributed by atoms with E-state index < -0.39 is 41.4 Å². The summed E-state index contributed by atoms with van der Waals surface area (Å²) in [6, 6.07) is 9.88. The average molecular weight is 369 g/mol. The Balaban J connectivity index is 1.84. The van der Waals surface area contributed by atoms with Gasteiger partial charge in [0.05, 0.1) is 18.2 Å². The number of rotatable bonds is 4. The largest absolute Gasteiger partial charge is 0.325 e. The molecule has 6 nitrogen and oxygen atoms in total. The van der Waals surface area contributed by atoms with Crippen LogP contribution in [-0.4, -0.2) is 29.2 Å². The topological polar surface area (TPSA) is 90.3 Å². The van der Waals surface area contributed by atoms with E-state index in [0.717, 1.165) is 23.1 Å². The number of nitriles is 1. The van der Waals surface area contributed by atoms with Crippen molar-refractivity contribution in [3.05, 3.63) is 70.8 Å². The van der Waals surface area contributed by atoms with Crippen LogP contribution in [0.15, 0.2) is 42.5 Å². The fraction of sp³-hybridized carbons (Fsp3) is 0.158. The highest BCUT2D eigenvalue weighted by molar-refractivity contribution is 6.11. The van der Waals surface area contributed by atoms with Crippen LogP contribution in [0.25, 0.3) is 0 Å². The minimum absolute atomic E-state index is 0.151. The number of nitrogens with zero attached hydrogens (tertiary/aromatic N) is 2. The molecular weight excluding hydrogens is 356 g/mol. The minimum atomic E-state index is -1.40. The molecule has 1 heterocycles. The van der Waals surface area contributed by atoms with E-state index in [1.165, 1.54) is 31.2 Å². The van der Waals surface area contributed by atoms with E-state index in [2.05, 4.69) is 5.32 Å². The van der Waals surface area contributed by atoms with E-state index in [1.54, 1.807) is 0 Å². The summed E-state index contributed by atoms with van der Waals surface area (Å²) >= 11 is 0. The van der Waals surface area contributed by atoms with Crippen LogP contribution in [0.3, 0.4) is 0 Å². The number of Topliss-reactive ketones (excluding diaryl/α,β-unsaturated/α-hetero) is 1. The normalized spacial score (nSPS) is 19.0. The van der Waals surface area contributed by atoms with E-state index in [-0.39, 0.29) is 5.56 Å². The summed E-state index contributed by atoms with van der Waals surface area (Å²) < 4.78 is 26.3. The second kappa shape index (κ2) is 6.61. The number of amides is 3. The lowest BCUT2D eigenvalue weighted by Crippen LogP contribution is -2.41. The predicted molar refractivity (Wildman–Crippen MR) is 89.4 cm³/mol. The van der Waals surface area contributed by atoms with Gasteiger partial charge < -0.3 is 5.32 Å². The van der Waals surface area contributed by atoms with Crippen LogP contribution in [0, 0.1) is 23.0 Å². The number of urea groups is 1. The third-order valence-corrected chi connectivity index (χ3v) is 4.41. The molecule has 1 aliphatic rings. The molecule has 3 rings (SSSR count). The summed E-state index contributed by atoms with van der Waals surface area (Å²) in [5, 5.41) is 11.4. The molecule has 27 heavy (non-hydrogen) atoms. The molecule has 2 aromatic rings. The Bertz CT molecular complexity index is 998. The number of benzene rings is 2. The summed E-state index contributed by atoms with van der Waals surface area (Å²) in [6.45, 7) is 0.873. The number of halogens is 2. The lowest BCUT2D eigenvalue weighted by molar-refractivity contribution is -0.130. The number of imide groups is 1. The highest BCUT2D eigenvalue weighted by atomic mass is 19.2. The molecule has 1 fully saturated rings. The highest BCUT2D eigenvalue weighted by Gasteiger charge is 2.49. The van der Waals surface area contributed by atoms with E-state index >= 15 is 0 Å². The summed E-state index contributed by atoms with van der Waals surface area (Å²) in [7, 11) is 0. The molecule has 1 aliphatic heterocycles. The standard InChI is InChI=1S/C19H13F2N3O3/c1-19(13-5-2-11(9-22)3-6-13)17(26)24(18(27)23-19)10-16(25)12-4-7-14(20)15(21)8-12/h2-8H,10H2,1H3,(H,23,27). The first-order chi connectivity index (χ1) is 12.8. The third-order valence-electron chi connectivity index (χ3n) is 4.41. The van der Waals surface area contributed by atoms with Crippen molar-refractivity contribution in [2.45, 2.75) is 12.5 Å². The van der Waals surface area contributed by atoms with Crippen LogP contribution >= 0.6 is 0 Å². The van der Waals surface area contributed by atoms with Crippen LogP contribution in [0.5, 0.6) is 0 Å². The van der Waals surface area contributed by atoms with Gasteiger partial charge in [-0.1, -0.05) is 12.1 Å². The van der Waals surface area contributed by atoms with Crippen LogP contribution in [0.2, 0.25) is 0 Å². The van der Waals surface area contributed by atoms with Gasteiger partial charge >= 0.3 is 6.03 Å². The lowest BCUT2D eigenvalue weighted by atomic mass is 9.91. The first-order valence-corrected chi connectivity index (χ1v) is 7.89. The van der Waals surface area contributed by atoms with Gasteiger partial charge in [-0.25, -0.2) is 13.6 Å². The summed E-state index contributed by atoms with van der Waals surface area (Å²) in [5.41, 5.74) is -0.715. The van der Waals surface area contributed by atoms with E-state index in [0.29, 0.717) is 11.1 Å². The third kappa shape index (κ3) is 3.15. The summed E-state index contributed by atoms with van der Waals surface area (Å²) in [6.07, 6.45) is 0. The Morgan fingerprint density at radius 1 is 1.15 bits per heavy atom. The van der Waals surface area contributed by atoms with Gasteiger partial charge in [-0.2, -0.15) is 5.26 Å². The van der Waals surface area contributed by atoms with Gasteiger partial charge in [0.2, 0.25) is 0 Å². The Morgan fingerprint density at radius 3 is 2.41 bits per heavy atom. The molecule has 1 atom stereocenters. The monoisotopic (exact) mass is 369 g/mol. The van der Waals surface area contributed by atoms with E-state index in [9.17, 15) is 23.2 Å². The van der Waals surface area contributed by atoms with Crippen LogP contribution < -0.4 is 5.32 Å². The molecule has 0 saturated carbocycles. The molecule has 0 bridgehead atoms. The summed E-state index contributed by atoms with van der Waals surface area (Å²) in [4.78, 5) is 38.0. The molecule has 0 aliphatic carbocycles. The van der Waals surface area contributed by atoms with Gasteiger partial charge in [0, 0.05) is 5.56 Å². The molecule has 0 spiro atoms. The molecule has 0 aromatic heterocycles. The second-order valence-corrected chi connectivity index (χ2v) is 6.19. The smallest absolute Gasteiger partial charge is 0.319 e. The zero-order chi connectivity index (χ0) is 19.8. The Hall–Kier alpha value is -3.60. The van der Waals surface area contributed by atoms with Crippen LogP contribution in [-0.2, 0) is 10.3 Å². The first-order valence-electron chi connectivity index (χ1n) is 7.89. The van der Waals surface area contributed by atoms with Crippen LogP contribution in [0.4, 0.5) is 13.6 Å². The van der Waals surface area contributed by atoms with Gasteiger partial charge in [-0.05, 0) is 42.8 Å². The Morgan fingerprint density at radius 2 is 1.81 bits per heavy atom. The number of hydrogen-bond acceptors (Lipinski definition) is 4. The number of ketones is 1. The average Bonchev–Trinajstić information content (AvgIpc) is 2.88. The van der Waals surface area contributed by atoms with Crippen molar-refractivity contribution in [2.24, 2.45) is 0 Å². The lowest BCUT2D eigenvalue weighted by Gasteiger charge is -2.22. The fourth-order valence-electron chi connectivity index (χ4n) is 2.82. The first kappa shape index (κ1) is 18.2. The van der Waals surface area contributed by atoms with Crippen LogP contribution in [0.1, 0.15) is 28.4 Å². The maximum absolute atomic E-state index is 13.3. The van der Waals surface area contributed by atoms with Crippen molar-refractivity contribution < 1.29 is 23.2 Å². The van der Waals surface area contributed by atoms with E-state index in [1.807, 2.05) is 6.07 Å². The zero-order valence-corrected chi connectivity index (χ0v) is 14.1. The van der Waals surface area contributed by atoms with Gasteiger partial charge in [0.15, 0.2) is 17.4 Å². The molecule has 1 unspecified atom stereocenters. The summed E-state index contributed by atoms with van der Waals surface area (Å²) in [5.74, 6) is -3.66. The number of nitrogens with one attached hydrogen (secondary N) is 1. The molecule has 0 radical (unpaired) electrons. The van der Waals surface area contributed by atoms with Crippen molar-refractivity contribution in [1.29, 1.82) is 5.26 Å². The highest BCUT2D eigenvalue weighted by Crippen LogP contribution is 2.29. The van der Waals surface area contributed by atoms with Crippen molar-refractivity contribution in [3.63, 3.8) is 0 Å². The number of hydrogen-bond donors (Lipinski definition) is 1. The Labute approximate surface area is 153 Å². The van der Waals surface area contributed by atoms with Crippen molar-refractivity contribution in [1.82, 2.24) is 10.2 Å². The van der Waals surface area contributed by atoms with Gasteiger partial charge in [0.25, 0.3) is 5.91 Å². The van der Waals surface area contributed by atoms with E-state index in [4.69, 9.17) is 5.26 Å². The van der Waals surface area contributed by atoms with Crippen molar-refractivity contribution in [2.75, 3.05) is 6.54 Å². The number of carbonyl (C=O) groups excluding carboxylic acids is 3. The predicted octanol–water partition coefficient (Wildman–Crippen LogP) is 2.49. The zero-order valence-electron chi connectivity index (χ0n) is 14.1. The maximum Gasteiger partial charge on any atom is 0.325 e. The van der Waals surface area contributed by atoms with Crippen molar-refractivity contribution >= 4 is 17.7 Å². The molecular formula is C19H13F2N3O3. The molecule has 1 saturated heterocycles. The quantitative estimate of drug-likeness (QED) is 0.662. The number of carbonyl (C=O) groups is 3. The van der Waals surface area contributed by atoms with Gasteiger partial charge in [0.1, 0.15) is 5.54 Å². The minimum Gasteiger partial charge on any atom is -0.319 e. The molecule has 8 heteroatoms. The SMILES string of the molecule is CC1(c2ccc(C#N)cc2)NC(=O)N(CC(=O)c2ccc(F)c(F)c2)C1=O. The maximum atomic E-state index is 13.3. The van der Waals surface area contributed by atoms with Crippen molar-refractivity contribution in [3.8, 4) is 6.07 Å². The molecule has 3 amide bonds. The fourth-order valence-corrected chi connectivity index (χ4v) is 2.82. The van der Waals surface area contributed by atoms with Gasteiger partial charge in [-0.15, -0.1) is 0 Å². The molecule has 2 aromatic carbocycles. The molecule has 1 N–H and O–H groups in total. The molecule has 136 valence electrons. The second-order valence-electron chi connectivity index (χ2n) is 6.19.